The van der Waals surface area contributed by atoms with Crippen LogP contribution in [0, 0.1) is 22.0 Å². The number of aromatic nitrogens is 2. The topological polar surface area (TPSA) is 128 Å². The van der Waals surface area contributed by atoms with E-state index < -0.39 is 28.2 Å². The second-order valence-corrected chi connectivity index (χ2v) is 10.9. The zero-order valence-corrected chi connectivity index (χ0v) is 21.9. The number of nitro groups is 1. The largest absolute Gasteiger partial charge is 0.494 e. The number of amides is 2. The monoisotopic (exact) mass is 549 g/mol. The van der Waals surface area contributed by atoms with Gasteiger partial charge in [0.05, 0.1) is 52.2 Å². The van der Waals surface area contributed by atoms with Crippen molar-refractivity contribution in [3.05, 3.63) is 98.6 Å². The van der Waals surface area contributed by atoms with Gasteiger partial charge in [-0.2, -0.15) is 0 Å². The Bertz CT molecular complexity index is 1920. The number of carbonyl (C=O) groups excluding carboxylic acids is 2. The van der Waals surface area contributed by atoms with Crippen LogP contribution in [0.3, 0.4) is 0 Å². The number of anilines is 1. The number of nitro benzene ring substituents is 1. The van der Waals surface area contributed by atoms with Gasteiger partial charge in [-0.15, -0.1) is 0 Å². The number of nitrogens with zero attached hydrogens (tertiary/aromatic N) is 5. The average Bonchev–Trinajstić information content (AvgIpc) is 3.70. The molecule has 0 radical (unpaired) electrons. The smallest absolute Gasteiger partial charge is 0.273 e. The molecule has 0 unspecified atom stereocenters. The number of para-hydroxylation sites is 2. The highest BCUT2D eigenvalue weighted by Crippen LogP contribution is 2.62. The van der Waals surface area contributed by atoms with E-state index in [2.05, 4.69) is 4.90 Å². The summed E-state index contributed by atoms with van der Waals surface area (Å²) in [6.45, 7) is 0.649. The van der Waals surface area contributed by atoms with Gasteiger partial charge in [0.15, 0.2) is 0 Å². The molecule has 11 nitrogen and oxygen atoms in total. The van der Waals surface area contributed by atoms with Gasteiger partial charge in [-0.3, -0.25) is 34.0 Å². The van der Waals surface area contributed by atoms with Crippen molar-refractivity contribution in [1.29, 1.82) is 0 Å². The molecule has 11 heteroatoms. The van der Waals surface area contributed by atoms with Gasteiger partial charge in [-0.25, -0.2) is 9.88 Å². The first-order chi connectivity index (χ1) is 19.9. The molecule has 4 aromatic rings. The molecule has 2 amide bonds. The fourth-order valence-electron chi connectivity index (χ4n) is 7.82. The fraction of sp³-hybridized carbons (Fsp3) is 0.267. The van der Waals surface area contributed by atoms with Gasteiger partial charge in [-0.1, -0.05) is 30.3 Å². The summed E-state index contributed by atoms with van der Waals surface area (Å²) in [5, 5.41) is 11.9. The molecule has 3 fully saturated rings. The summed E-state index contributed by atoms with van der Waals surface area (Å²) in [5.74, 6) is -1.85. The molecule has 0 saturated carbocycles. The van der Waals surface area contributed by atoms with Gasteiger partial charge in [-0.05, 0) is 43.7 Å². The van der Waals surface area contributed by atoms with Gasteiger partial charge in [0.25, 0.3) is 11.2 Å². The minimum absolute atomic E-state index is 0.0609. The second kappa shape index (κ2) is 8.07. The van der Waals surface area contributed by atoms with Crippen molar-refractivity contribution in [2.24, 2.45) is 11.8 Å². The quantitative estimate of drug-likeness (QED) is 0.217. The summed E-state index contributed by atoms with van der Waals surface area (Å²) >= 11 is 0. The van der Waals surface area contributed by atoms with Crippen molar-refractivity contribution in [1.82, 2.24) is 14.5 Å². The SMILES string of the molecule is COc1cc([N+](=O)[O-])ccc1N1C(=O)[C@@H]2[C@@H]3CCCN3[C@]3(c4ccccc4-n4c3nc3ccccc3c4=O)[C@H]2C1=O. The van der Waals surface area contributed by atoms with Crippen LogP contribution < -0.4 is 15.2 Å². The second-order valence-electron chi connectivity index (χ2n) is 10.9. The molecule has 5 heterocycles. The molecule has 4 aliphatic rings. The fourth-order valence-corrected chi connectivity index (χ4v) is 7.82. The van der Waals surface area contributed by atoms with Crippen molar-refractivity contribution in [2.75, 3.05) is 18.6 Å². The summed E-state index contributed by atoms with van der Waals surface area (Å²) < 4.78 is 7.04. The number of carbonyl (C=O) groups is 2. The Hall–Kier alpha value is -4.90. The molecular formula is C30H23N5O6. The number of fused-ring (bicyclic) bond motifs is 11. The molecular weight excluding hydrogens is 526 g/mol. The molecule has 4 aliphatic heterocycles. The van der Waals surface area contributed by atoms with Crippen molar-refractivity contribution in [3.8, 4) is 11.4 Å². The van der Waals surface area contributed by atoms with Gasteiger partial charge >= 0.3 is 0 Å². The van der Waals surface area contributed by atoms with Crippen LogP contribution in [-0.2, 0) is 15.1 Å². The number of methoxy groups -OCH3 is 1. The highest BCUT2D eigenvalue weighted by atomic mass is 16.6. The zero-order chi connectivity index (χ0) is 28.2. The lowest BCUT2D eigenvalue weighted by atomic mass is 9.75. The van der Waals surface area contributed by atoms with Crippen LogP contribution >= 0.6 is 0 Å². The Labute approximate surface area is 232 Å². The Kier molecular flexibility index (Phi) is 4.71. The van der Waals surface area contributed by atoms with Crippen LogP contribution in [0.25, 0.3) is 16.6 Å². The van der Waals surface area contributed by atoms with Gasteiger partial charge in [0, 0.05) is 17.7 Å². The molecule has 1 spiro atoms. The van der Waals surface area contributed by atoms with E-state index >= 15 is 0 Å². The number of hydrogen-bond donors (Lipinski definition) is 0. The van der Waals surface area contributed by atoms with E-state index in [-0.39, 0.29) is 34.6 Å². The highest BCUT2D eigenvalue weighted by molar-refractivity contribution is 6.24. The van der Waals surface area contributed by atoms with Crippen LogP contribution in [0.5, 0.6) is 5.75 Å². The van der Waals surface area contributed by atoms with Crippen molar-refractivity contribution in [3.63, 3.8) is 0 Å². The number of non-ortho nitro benzene ring substituents is 1. The first-order valence-corrected chi connectivity index (χ1v) is 13.5. The predicted octanol–water partition coefficient (Wildman–Crippen LogP) is 3.14. The Balaban J connectivity index is 1.40. The summed E-state index contributed by atoms with van der Waals surface area (Å²) in [6, 6.07) is 18.3. The number of benzene rings is 3. The van der Waals surface area contributed by atoms with E-state index in [4.69, 9.17) is 9.72 Å². The zero-order valence-electron chi connectivity index (χ0n) is 21.9. The van der Waals surface area contributed by atoms with Crippen LogP contribution in [-0.4, -0.2) is 50.9 Å². The molecule has 1 aromatic heterocycles. The lowest BCUT2D eigenvalue weighted by molar-refractivity contribution is -0.384. The van der Waals surface area contributed by atoms with Gasteiger partial charge in [0.2, 0.25) is 11.8 Å². The van der Waals surface area contributed by atoms with Crippen molar-refractivity contribution in [2.45, 2.75) is 24.4 Å². The molecule has 4 atom stereocenters. The van der Waals surface area contributed by atoms with Crippen LogP contribution in [0.1, 0.15) is 24.2 Å². The maximum Gasteiger partial charge on any atom is 0.273 e. The van der Waals surface area contributed by atoms with Crippen LogP contribution in [0.2, 0.25) is 0 Å². The van der Waals surface area contributed by atoms with Crippen molar-refractivity contribution < 1.29 is 19.2 Å². The molecule has 8 rings (SSSR count). The van der Waals surface area contributed by atoms with E-state index in [0.29, 0.717) is 35.4 Å². The van der Waals surface area contributed by atoms with E-state index in [1.165, 1.54) is 25.3 Å². The summed E-state index contributed by atoms with van der Waals surface area (Å²) in [6.07, 6.45) is 1.55. The maximum atomic E-state index is 14.6. The minimum Gasteiger partial charge on any atom is -0.494 e. The number of hydrogen-bond acceptors (Lipinski definition) is 8. The van der Waals surface area contributed by atoms with E-state index in [0.717, 1.165) is 16.9 Å². The highest BCUT2D eigenvalue weighted by Gasteiger charge is 2.74. The first-order valence-electron chi connectivity index (χ1n) is 13.5. The molecule has 0 N–H and O–H groups in total. The lowest BCUT2D eigenvalue weighted by Gasteiger charge is -2.38. The van der Waals surface area contributed by atoms with Crippen LogP contribution in [0.4, 0.5) is 11.4 Å². The third kappa shape index (κ3) is 2.76. The standard InChI is InChI=1S/C30H23N5O6/c1-41-23-15-16(35(39)40)12-13-21(23)33-27(37)24-22-11-6-14-32(22)30(25(24)28(33)38)18-8-3-5-10-20(18)34-26(36)17-7-2-4-9-19(17)31-29(30)34/h2-5,7-10,12-13,15,22,24-25H,6,11,14H2,1H3/t22-,24+,25+,30+/m0/s1. The summed E-state index contributed by atoms with van der Waals surface area (Å²) in [7, 11) is 1.35. The minimum atomic E-state index is -1.14. The predicted molar refractivity (Wildman–Crippen MR) is 147 cm³/mol. The van der Waals surface area contributed by atoms with E-state index in [9.17, 15) is 24.5 Å². The Morgan fingerprint density at radius 2 is 1.78 bits per heavy atom. The maximum absolute atomic E-state index is 14.6. The molecule has 204 valence electrons. The lowest BCUT2D eigenvalue weighted by Crippen LogP contribution is -2.51. The molecule has 41 heavy (non-hydrogen) atoms. The van der Waals surface area contributed by atoms with Crippen molar-refractivity contribution >= 4 is 34.1 Å². The Morgan fingerprint density at radius 1 is 1.00 bits per heavy atom. The third-order valence-electron chi connectivity index (χ3n) is 9.26. The molecule has 3 saturated heterocycles. The Morgan fingerprint density at radius 3 is 2.59 bits per heavy atom. The summed E-state index contributed by atoms with van der Waals surface area (Å²) in [5.41, 5.74) is 0.554. The van der Waals surface area contributed by atoms with Gasteiger partial charge < -0.3 is 4.74 Å². The third-order valence-corrected chi connectivity index (χ3v) is 9.26. The number of imide groups is 1. The first kappa shape index (κ1) is 23.9. The number of rotatable bonds is 3. The molecule has 0 aliphatic carbocycles. The summed E-state index contributed by atoms with van der Waals surface area (Å²) in [4.78, 5) is 62.1. The van der Waals surface area contributed by atoms with E-state index in [1.807, 2.05) is 30.3 Å². The van der Waals surface area contributed by atoms with E-state index in [1.54, 1.807) is 22.8 Å². The molecule has 3 aromatic carbocycles. The normalized spacial score (nSPS) is 26.0. The molecule has 0 bridgehead atoms. The average molecular weight is 550 g/mol. The van der Waals surface area contributed by atoms with Gasteiger partial charge in [0.1, 0.15) is 17.1 Å². The number of ether oxygens (including phenoxy) is 1. The van der Waals surface area contributed by atoms with Crippen LogP contribution in [0.15, 0.2) is 71.5 Å².